The number of terminal acetylenes is 1. The van der Waals surface area contributed by atoms with Crippen LogP contribution >= 0.6 is 22.6 Å². The van der Waals surface area contributed by atoms with Crippen molar-refractivity contribution in [3.8, 4) is 23.5 Å². The van der Waals surface area contributed by atoms with Crippen LogP contribution < -0.4 is 0 Å². The maximum Gasteiger partial charge on any atom is 0.115 e. The number of hydrogen-bond donors (Lipinski definition) is 0. The Morgan fingerprint density at radius 1 is 0.964 bits per heavy atom. The Hall–Kier alpha value is -2.38. The van der Waals surface area contributed by atoms with Crippen molar-refractivity contribution < 1.29 is 0 Å². The summed E-state index contributed by atoms with van der Waals surface area (Å²) in [5.74, 6) is 2.80. The van der Waals surface area contributed by atoms with E-state index in [0.29, 0.717) is 5.71 Å². The van der Waals surface area contributed by atoms with Crippen molar-refractivity contribution in [1.82, 2.24) is 0 Å². The zero-order valence-electron chi connectivity index (χ0n) is 16.3. The lowest BCUT2D eigenvalue weighted by molar-refractivity contribution is 0.451. The Labute approximate surface area is 182 Å². The summed E-state index contributed by atoms with van der Waals surface area (Å²) in [5, 5.41) is 0. The Morgan fingerprint density at radius 3 is 2.32 bits per heavy atom. The van der Waals surface area contributed by atoms with E-state index in [0.717, 1.165) is 18.4 Å². The predicted octanol–water partition coefficient (Wildman–Crippen LogP) is 7.10. The van der Waals surface area contributed by atoms with Crippen LogP contribution in [-0.2, 0) is 5.54 Å². The quantitative estimate of drug-likeness (QED) is 0.204. The molecular weight excluding hydrogens is 453 g/mol. The SMILES string of the molecule is C#CC(=N[C@@](C)(CCC)c1cccc(-c2ccc(I)cc2)c1)c1ccccc1. The van der Waals surface area contributed by atoms with Crippen molar-refractivity contribution in [2.75, 3.05) is 0 Å². The minimum Gasteiger partial charge on any atom is -0.265 e. The Bertz CT molecular complexity index is 997. The fraction of sp³-hybridized carbons (Fsp3) is 0.192. The highest BCUT2D eigenvalue weighted by Crippen LogP contribution is 2.34. The second-order valence-electron chi connectivity index (χ2n) is 7.08. The van der Waals surface area contributed by atoms with E-state index < -0.39 is 0 Å². The van der Waals surface area contributed by atoms with Crippen LogP contribution in [0.15, 0.2) is 83.9 Å². The van der Waals surface area contributed by atoms with Crippen molar-refractivity contribution in [3.63, 3.8) is 0 Å². The molecule has 3 rings (SSSR count). The normalized spacial score (nSPS) is 13.6. The zero-order valence-corrected chi connectivity index (χ0v) is 18.5. The van der Waals surface area contributed by atoms with E-state index in [1.54, 1.807) is 0 Å². The molecule has 1 nitrogen and oxygen atoms in total. The summed E-state index contributed by atoms with van der Waals surface area (Å²) in [6.07, 6.45) is 7.80. The van der Waals surface area contributed by atoms with E-state index in [1.165, 1.54) is 20.3 Å². The summed E-state index contributed by atoms with van der Waals surface area (Å²) in [4.78, 5) is 5.08. The third kappa shape index (κ3) is 4.72. The molecule has 0 aliphatic carbocycles. The van der Waals surface area contributed by atoms with Crippen LogP contribution in [0, 0.1) is 15.9 Å². The van der Waals surface area contributed by atoms with E-state index in [1.807, 2.05) is 30.3 Å². The average Bonchev–Trinajstić information content (AvgIpc) is 2.73. The van der Waals surface area contributed by atoms with Crippen molar-refractivity contribution >= 4 is 28.3 Å². The van der Waals surface area contributed by atoms with Gasteiger partial charge in [0.1, 0.15) is 5.71 Å². The summed E-state index contributed by atoms with van der Waals surface area (Å²) >= 11 is 2.33. The smallest absolute Gasteiger partial charge is 0.115 e. The van der Waals surface area contributed by atoms with Crippen LogP contribution in [0.5, 0.6) is 0 Å². The molecule has 0 radical (unpaired) electrons. The first-order valence-electron chi connectivity index (χ1n) is 9.54. The van der Waals surface area contributed by atoms with Gasteiger partial charge in [-0.1, -0.05) is 79.9 Å². The van der Waals surface area contributed by atoms with Gasteiger partial charge in [-0.2, -0.15) is 0 Å². The summed E-state index contributed by atoms with van der Waals surface area (Å²) in [6, 6.07) is 27.3. The summed E-state index contributed by atoms with van der Waals surface area (Å²) in [5.41, 5.74) is 4.93. The largest absolute Gasteiger partial charge is 0.265 e. The highest BCUT2D eigenvalue weighted by atomic mass is 127. The van der Waals surface area contributed by atoms with Gasteiger partial charge in [-0.3, -0.25) is 4.99 Å². The van der Waals surface area contributed by atoms with Crippen molar-refractivity contribution in [2.45, 2.75) is 32.2 Å². The lowest BCUT2D eigenvalue weighted by Gasteiger charge is -2.27. The molecule has 0 amide bonds. The molecule has 3 aromatic carbocycles. The number of halogens is 1. The van der Waals surface area contributed by atoms with Gasteiger partial charge in [-0.15, -0.1) is 6.42 Å². The Balaban J connectivity index is 2.06. The Kier molecular flexibility index (Phi) is 6.70. The molecule has 0 aromatic heterocycles. The number of nitrogens with zero attached hydrogens (tertiary/aromatic N) is 1. The monoisotopic (exact) mass is 477 g/mol. The first-order chi connectivity index (χ1) is 13.6. The standard InChI is InChI=1S/C26H24IN/c1-4-18-26(3,28-25(5-2)21-10-7-6-8-11-21)23-13-9-12-22(19-23)20-14-16-24(27)17-15-20/h2,6-17,19H,4,18H2,1,3H3/t26-/m0/s1. The summed E-state index contributed by atoms with van der Waals surface area (Å²) in [7, 11) is 0. The topological polar surface area (TPSA) is 12.4 Å². The molecule has 0 saturated carbocycles. The fourth-order valence-corrected chi connectivity index (χ4v) is 3.81. The molecule has 140 valence electrons. The van der Waals surface area contributed by atoms with Gasteiger partial charge in [0.15, 0.2) is 0 Å². The lowest BCUT2D eigenvalue weighted by Crippen LogP contribution is -2.21. The molecule has 0 spiro atoms. The number of rotatable bonds is 6. The molecule has 2 heteroatoms. The van der Waals surface area contributed by atoms with E-state index in [4.69, 9.17) is 11.4 Å². The maximum atomic E-state index is 5.84. The summed E-state index contributed by atoms with van der Waals surface area (Å²) in [6.45, 7) is 4.37. The van der Waals surface area contributed by atoms with E-state index >= 15 is 0 Å². The Morgan fingerprint density at radius 2 is 1.68 bits per heavy atom. The second kappa shape index (κ2) is 9.21. The van der Waals surface area contributed by atoms with Gasteiger partial charge in [0.2, 0.25) is 0 Å². The molecule has 0 fully saturated rings. The van der Waals surface area contributed by atoms with Crippen LogP contribution in [0.3, 0.4) is 0 Å². The highest BCUT2D eigenvalue weighted by molar-refractivity contribution is 14.1. The van der Waals surface area contributed by atoms with Crippen molar-refractivity contribution in [2.24, 2.45) is 4.99 Å². The molecule has 0 saturated heterocycles. The number of hydrogen-bond acceptors (Lipinski definition) is 1. The third-order valence-electron chi connectivity index (χ3n) is 4.94. The second-order valence-corrected chi connectivity index (χ2v) is 8.33. The van der Waals surface area contributed by atoms with Crippen LogP contribution in [-0.4, -0.2) is 5.71 Å². The predicted molar refractivity (Wildman–Crippen MR) is 129 cm³/mol. The minimum atomic E-state index is -0.370. The fourth-order valence-electron chi connectivity index (χ4n) is 3.45. The lowest BCUT2D eigenvalue weighted by atomic mass is 9.86. The molecule has 3 aromatic rings. The molecule has 1 atom stereocenters. The van der Waals surface area contributed by atoms with E-state index in [-0.39, 0.29) is 5.54 Å². The van der Waals surface area contributed by atoms with Crippen molar-refractivity contribution in [1.29, 1.82) is 0 Å². The van der Waals surface area contributed by atoms with Gasteiger partial charge in [0.25, 0.3) is 0 Å². The molecule has 0 N–H and O–H groups in total. The average molecular weight is 477 g/mol. The van der Waals surface area contributed by atoms with Crippen molar-refractivity contribution in [3.05, 3.63) is 93.6 Å². The third-order valence-corrected chi connectivity index (χ3v) is 5.66. The van der Waals surface area contributed by atoms with Crippen LogP contribution in [0.1, 0.15) is 37.8 Å². The van der Waals surface area contributed by atoms with Gasteiger partial charge in [-0.05, 0) is 70.8 Å². The molecular formula is C26H24IN. The molecule has 0 heterocycles. The van der Waals surface area contributed by atoms with E-state index in [2.05, 4.69) is 90.9 Å². The van der Waals surface area contributed by atoms with E-state index in [9.17, 15) is 0 Å². The number of benzene rings is 3. The molecule has 0 aliphatic heterocycles. The summed E-state index contributed by atoms with van der Waals surface area (Å²) < 4.78 is 1.24. The zero-order chi connectivity index (χ0) is 20.0. The molecule has 0 aliphatic rings. The minimum absolute atomic E-state index is 0.370. The molecule has 0 bridgehead atoms. The van der Waals surface area contributed by atoms with Crippen LogP contribution in [0.4, 0.5) is 0 Å². The van der Waals surface area contributed by atoms with Crippen LogP contribution in [0.2, 0.25) is 0 Å². The van der Waals surface area contributed by atoms with Gasteiger partial charge in [0, 0.05) is 9.13 Å². The highest BCUT2D eigenvalue weighted by Gasteiger charge is 2.26. The van der Waals surface area contributed by atoms with Crippen LogP contribution in [0.25, 0.3) is 11.1 Å². The molecule has 0 unspecified atom stereocenters. The van der Waals surface area contributed by atoms with Gasteiger partial charge >= 0.3 is 0 Å². The first-order valence-corrected chi connectivity index (χ1v) is 10.6. The molecule has 28 heavy (non-hydrogen) atoms. The first kappa shape index (κ1) is 20.4. The van der Waals surface area contributed by atoms with Gasteiger partial charge in [0.05, 0.1) is 5.54 Å². The number of aliphatic imine (C=N–C) groups is 1. The van der Waals surface area contributed by atoms with Gasteiger partial charge < -0.3 is 0 Å². The maximum absolute atomic E-state index is 5.84. The van der Waals surface area contributed by atoms with Gasteiger partial charge in [-0.25, -0.2) is 0 Å².